The number of alkyl halides is 3. The number of aromatic amines is 1. The van der Waals surface area contributed by atoms with Crippen molar-refractivity contribution in [1.29, 1.82) is 0 Å². The van der Waals surface area contributed by atoms with E-state index in [4.69, 9.17) is 23.2 Å². The predicted octanol–water partition coefficient (Wildman–Crippen LogP) is 3.87. The Morgan fingerprint density at radius 1 is 1.20 bits per heavy atom. The fourth-order valence-corrected chi connectivity index (χ4v) is 2.56. The molecule has 0 fully saturated rings. The average Bonchev–Trinajstić information content (AvgIpc) is 3.06. The Morgan fingerprint density at radius 2 is 1.96 bits per heavy atom. The lowest BCUT2D eigenvalue weighted by atomic mass is 10.0. The van der Waals surface area contributed by atoms with Gasteiger partial charge in [0.2, 0.25) is 5.95 Å². The number of H-pyrrole nitrogens is 1. The minimum Gasteiger partial charge on any atom is -0.291 e. The Kier molecular flexibility index (Phi) is 4.57. The van der Waals surface area contributed by atoms with E-state index in [1.165, 1.54) is 36.7 Å². The van der Waals surface area contributed by atoms with Crippen LogP contribution in [0.3, 0.4) is 0 Å². The van der Waals surface area contributed by atoms with Gasteiger partial charge >= 0.3 is 6.18 Å². The molecule has 0 aliphatic carbocycles. The molecular weight excluding hydrogens is 380 g/mol. The van der Waals surface area contributed by atoms with Crippen molar-refractivity contribution in [3.05, 3.63) is 73.9 Å². The van der Waals surface area contributed by atoms with Crippen molar-refractivity contribution in [3.8, 4) is 5.95 Å². The van der Waals surface area contributed by atoms with Crippen LogP contribution in [0.15, 0.2) is 41.5 Å². The highest BCUT2D eigenvalue weighted by molar-refractivity contribution is 6.42. The monoisotopic (exact) mass is 388 g/mol. The van der Waals surface area contributed by atoms with E-state index < -0.39 is 23.0 Å². The topological polar surface area (TPSA) is 63.6 Å². The van der Waals surface area contributed by atoms with Gasteiger partial charge < -0.3 is 0 Å². The van der Waals surface area contributed by atoms with Crippen LogP contribution in [-0.2, 0) is 12.6 Å². The Morgan fingerprint density at radius 3 is 2.56 bits per heavy atom. The molecule has 10 heteroatoms. The van der Waals surface area contributed by atoms with Crippen molar-refractivity contribution in [2.24, 2.45) is 0 Å². The third kappa shape index (κ3) is 3.69. The first-order chi connectivity index (χ1) is 11.8. The second-order valence-corrected chi connectivity index (χ2v) is 5.90. The zero-order chi connectivity index (χ0) is 18.2. The van der Waals surface area contributed by atoms with Gasteiger partial charge in [-0.25, -0.2) is 9.67 Å². The van der Waals surface area contributed by atoms with Gasteiger partial charge in [-0.15, -0.1) is 0 Å². The van der Waals surface area contributed by atoms with Crippen LogP contribution in [0, 0.1) is 0 Å². The molecule has 1 aromatic carbocycles. The Hall–Kier alpha value is -2.32. The van der Waals surface area contributed by atoms with Crippen molar-refractivity contribution in [2.45, 2.75) is 12.6 Å². The maximum Gasteiger partial charge on any atom is 0.433 e. The van der Waals surface area contributed by atoms with Crippen molar-refractivity contribution in [1.82, 2.24) is 19.7 Å². The largest absolute Gasteiger partial charge is 0.433 e. The first-order valence-corrected chi connectivity index (χ1v) is 7.65. The van der Waals surface area contributed by atoms with Gasteiger partial charge in [0.05, 0.1) is 15.6 Å². The van der Waals surface area contributed by atoms with Crippen molar-refractivity contribution >= 4 is 23.2 Å². The lowest BCUT2D eigenvalue weighted by Crippen LogP contribution is -2.26. The molecule has 0 atom stereocenters. The molecular formula is C15H9Cl2F3N4O. The summed E-state index contributed by atoms with van der Waals surface area (Å²) in [5.74, 6) is -0.319. The fraction of sp³-hybridized carbons (Fsp3) is 0.133. The molecule has 0 unspecified atom stereocenters. The van der Waals surface area contributed by atoms with Gasteiger partial charge in [-0.2, -0.15) is 18.3 Å². The first kappa shape index (κ1) is 17.5. The number of aromatic nitrogens is 4. The van der Waals surface area contributed by atoms with Gasteiger partial charge in [0, 0.05) is 18.8 Å². The molecule has 0 radical (unpaired) electrons. The normalized spacial score (nSPS) is 11.7. The average molecular weight is 389 g/mol. The zero-order valence-electron chi connectivity index (χ0n) is 12.3. The van der Waals surface area contributed by atoms with Crippen LogP contribution in [-0.4, -0.2) is 19.7 Å². The van der Waals surface area contributed by atoms with Crippen molar-refractivity contribution in [3.63, 3.8) is 0 Å². The highest BCUT2D eigenvalue weighted by atomic mass is 35.5. The van der Waals surface area contributed by atoms with Crippen molar-refractivity contribution < 1.29 is 13.2 Å². The van der Waals surface area contributed by atoms with Crippen LogP contribution in [0.5, 0.6) is 0 Å². The summed E-state index contributed by atoms with van der Waals surface area (Å²) in [6.45, 7) is 0. The summed E-state index contributed by atoms with van der Waals surface area (Å²) in [5.41, 5.74) is -2.28. The van der Waals surface area contributed by atoms with Crippen LogP contribution in [0.1, 0.15) is 16.8 Å². The number of rotatable bonds is 3. The highest BCUT2D eigenvalue weighted by Crippen LogP contribution is 2.31. The maximum atomic E-state index is 13.4. The molecule has 0 saturated heterocycles. The molecule has 0 aliphatic rings. The number of nitrogens with one attached hydrogen (secondary N) is 1. The van der Waals surface area contributed by atoms with E-state index >= 15 is 0 Å². The number of hydrogen-bond acceptors (Lipinski definition) is 3. The molecule has 0 spiro atoms. The molecule has 1 N–H and O–H groups in total. The number of nitrogens with zero attached hydrogens (tertiary/aromatic N) is 3. The summed E-state index contributed by atoms with van der Waals surface area (Å²) in [4.78, 5) is 18.1. The molecule has 0 aliphatic heterocycles. The Balaban J connectivity index is 2.12. The lowest BCUT2D eigenvalue weighted by molar-refractivity contribution is -0.141. The SMILES string of the molecule is O=c1[nH]c(-n2cccn2)nc(C(F)(F)F)c1Cc1ccc(Cl)c(Cl)c1. The predicted molar refractivity (Wildman–Crippen MR) is 86.2 cm³/mol. The standard InChI is InChI=1S/C15H9Cl2F3N4O/c16-10-3-2-8(7-11(10)17)6-9-12(15(18,19)20)22-14(23-13(9)25)24-5-1-4-21-24/h1-5,7H,6H2,(H,22,23,25). The molecule has 5 nitrogen and oxygen atoms in total. The van der Waals surface area contributed by atoms with Crippen LogP contribution >= 0.6 is 23.2 Å². The van der Waals surface area contributed by atoms with Crippen LogP contribution < -0.4 is 5.56 Å². The van der Waals surface area contributed by atoms with E-state index in [-0.39, 0.29) is 22.4 Å². The van der Waals surface area contributed by atoms with Gasteiger partial charge in [0.1, 0.15) is 0 Å². The smallest absolute Gasteiger partial charge is 0.291 e. The van der Waals surface area contributed by atoms with Crippen LogP contribution in [0.4, 0.5) is 13.2 Å². The maximum absolute atomic E-state index is 13.4. The summed E-state index contributed by atoms with van der Waals surface area (Å²) >= 11 is 11.7. The molecule has 3 rings (SSSR count). The van der Waals surface area contributed by atoms with Crippen molar-refractivity contribution in [2.75, 3.05) is 0 Å². The van der Waals surface area contributed by atoms with Gasteiger partial charge in [-0.3, -0.25) is 9.78 Å². The second kappa shape index (κ2) is 6.53. The zero-order valence-corrected chi connectivity index (χ0v) is 13.8. The summed E-state index contributed by atoms with van der Waals surface area (Å²) in [6.07, 6.45) is -2.37. The second-order valence-electron chi connectivity index (χ2n) is 5.09. The molecule has 130 valence electrons. The minimum absolute atomic E-state index is 0.185. The quantitative estimate of drug-likeness (QED) is 0.740. The number of benzene rings is 1. The molecule has 0 bridgehead atoms. The minimum atomic E-state index is -4.80. The third-order valence-corrected chi connectivity index (χ3v) is 4.10. The summed E-state index contributed by atoms with van der Waals surface area (Å²) in [5, 5.41) is 4.22. The van der Waals surface area contributed by atoms with Crippen LogP contribution in [0.2, 0.25) is 10.0 Å². The van der Waals surface area contributed by atoms with Crippen LogP contribution in [0.25, 0.3) is 5.95 Å². The van der Waals surface area contributed by atoms with E-state index in [0.717, 1.165) is 4.68 Å². The summed E-state index contributed by atoms with van der Waals surface area (Å²) in [6, 6.07) is 5.85. The van der Waals surface area contributed by atoms with E-state index in [1.807, 2.05) is 0 Å². The van der Waals surface area contributed by atoms with Gasteiger partial charge in [0.15, 0.2) is 5.69 Å². The molecule has 25 heavy (non-hydrogen) atoms. The summed E-state index contributed by atoms with van der Waals surface area (Å²) < 4.78 is 41.3. The van der Waals surface area contributed by atoms with E-state index in [2.05, 4.69) is 15.1 Å². The van der Waals surface area contributed by atoms with E-state index in [1.54, 1.807) is 0 Å². The molecule has 2 aromatic heterocycles. The van der Waals surface area contributed by atoms with Gasteiger partial charge in [-0.05, 0) is 23.8 Å². The third-order valence-electron chi connectivity index (χ3n) is 3.36. The fourth-order valence-electron chi connectivity index (χ4n) is 2.24. The molecule has 0 amide bonds. The summed E-state index contributed by atoms with van der Waals surface area (Å²) in [7, 11) is 0. The Bertz CT molecular complexity index is 968. The highest BCUT2D eigenvalue weighted by Gasteiger charge is 2.37. The number of hydrogen-bond donors (Lipinski definition) is 1. The van der Waals surface area contributed by atoms with Gasteiger partial charge in [0.25, 0.3) is 5.56 Å². The lowest BCUT2D eigenvalue weighted by Gasteiger charge is -2.13. The molecule has 0 saturated carbocycles. The van der Waals surface area contributed by atoms with E-state index in [0.29, 0.717) is 5.56 Å². The van der Waals surface area contributed by atoms with E-state index in [9.17, 15) is 18.0 Å². The molecule has 3 aromatic rings. The number of halogens is 5. The first-order valence-electron chi connectivity index (χ1n) is 6.90. The van der Waals surface area contributed by atoms with Gasteiger partial charge in [-0.1, -0.05) is 29.3 Å². The Labute approximate surface area is 149 Å². The molecule has 2 heterocycles.